The first-order valence-corrected chi connectivity index (χ1v) is 8.81. The maximum Gasteiger partial charge on any atom is 0.347 e. The number of hydrogen-bond acceptors (Lipinski definition) is 5. The number of hydrogen-bond donors (Lipinski definition) is 0. The molecule has 0 saturated carbocycles. The topological polar surface area (TPSA) is 70.4 Å². The van der Waals surface area contributed by atoms with Gasteiger partial charge in [-0.15, -0.1) is 0 Å². The van der Waals surface area contributed by atoms with Crippen LogP contribution in [-0.2, 0) is 14.3 Å². The van der Waals surface area contributed by atoms with Crippen LogP contribution in [0.25, 0.3) is 16.9 Å². The minimum atomic E-state index is -0.910. The molecule has 142 valence electrons. The van der Waals surface area contributed by atoms with Gasteiger partial charge in [-0.2, -0.15) is 5.10 Å². The zero-order valence-corrected chi connectivity index (χ0v) is 15.1. The fourth-order valence-electron chi connectivity index (χ4n) is 2.95. The highest BCUT2D eigenvalue weighted by atomic mass is 19.1. The van der Waals surface area contributed by atoms with Gasteiger partial charge in [0.15, 0.2) is 0 Å². The summed E-state index contributed by atoms with van der Waals surface area (Å²) in [5, 5.41) is 4.50. The maximum absolute atomic E-state index is 13.2. The van der Waals surface area contributed by atoms with Gasteiger partial charge < -0.3 is 9.47 Å². The lowest BCUT2D eigenvalue weighted by Crippen LogP contribution is -2.22. The average molecular weight is 380 g/mol. The first-order chi connectivity index (χ1) is 13.5. The van der Waals surface area contributed by atoms with E-state index in [0.29, 0.717) is 17.8 Å². The summed E-state index contributed by atoms with van der Waals surface area (Å²) in [5.41, 5.74) is 3.02. The van der Waals surface area contributed by atoms with Crippen LogP contribution in [-0.4, -0.2) is 34.4 Å². The Hall–Kier alpha value is -3.48. The minimum Gasteiger partial charge on any atom is -0.463 e. The lowest BCUT2D eigenvalue weighted by Gasteiger charge is -2.08. The summed E-state index contributed by atoms with van der Waals surface area (Å²) < 4.78 is 24.9. The van der Waals surface area contributed by atoms with Crippen molar-refractivity contribution in [1.29, 1.82) is 0 Å². The number of carbonyl (C=O) groups excluding carboxylic acids is 2. The van der Waals surface area contributed by atoms with Crippen molar-refractivity contribution in [2.24, 2.45) is 0 Å². The molecule has 1 aliphatic heterocycles. The molecular formula is C21H17FN2O4. The summed E-state index contributed by atoms with van der Waals surface area (Å²) in [5.74, 6) is -1.57. The third-order valence-corrected chi connectivity index (χ3v) is 4.49. The largest absolute Gasteiger partial charge is 0.463 e. The molecule has 2 aromatic carbocycles. The second-order valence-electron chi connectivity index (χ2n) is 6.53. The van der Waals surface area contributed by atoms with E-state index in [1.165, 1.54) is 23.0 Å². The Labute approximate surface area is 160 Å². The number of ether oxygens (including phenoxy) is 2. The molecule has 0 unspecified atom stereocenters. The Kier molecular flexibility index (Phi) is 4.65. The van der Waals surface area contributed by atoms with Gasteiger partial charge in [-0.05, 0) is 31.2 Å². The van der Waals surface area contributed by atoms with Crippen LogP contribution >= 0.6 is 0 Å². The molecule has 1 aliphatic rings. The van der Waals surface area contributed by atoms with Crippen LogP contribution in [0.1, 0.15) is 22.3 Å². The average Bonchev–Trinajstić information content (AvgIpc) is 3.30. The Morgan fingerprint density at radius 2 is 1.89 bits per heavy atom. The molecule has 1 aromatic heterocycles. The number of halogens is 1. The summed E-state index contributed by atoms with van der Waals surface area (Å²) in [6, 6.07) is 13.3. The van der Waals surface area contributed by atoms with Gasteiger partial charge in [0.2, 0.25) is 6.10 Å². The molecule has 1 saturated heterocycles. The van der Waals surface area contributed by atoms with E-state index in [-0.39, 0.29) is 18.0 Å². The van der Waals surface area contributed by atoms with Gasteiger partial charge >= 0.3 is 11.9 Å². The van der Waals surface area contributed by atoms with E-state index in [1.54, 1.807) is 12.1 Å². The zero-order valence-electron chi connectivity index (χ0n) is 15.1. The molecule has 0 spiro atoms. The number of aromatic nitrogens is 2. The quantitative estimate of drug-likeness (QED) is 0.649. The van der Waals surface area contributed by atoms with Crippen molar-refractivity contribution in [3.63, 3.8) is 0 Å². The van der Waals surface area contributed by atoms with Gasteiger partial charge in [0.05, 0.1) is 12.3 Å². The maximum atomic E-state index is 13.2. The Bertz CT molecular complexity index is 1030. The molecule has 2 heterocycles. The molecule has 7 heteroatoms. The third-order valence-electron chi connectivity index (χ3n) is 4.49. The Morgan fingerprint density at radius 3 is 2.54 bits per heavy atom. The summed E-state index contributed by atoms with van der Waals surface area (Å²) in [6.45, 7) is 2.19. The number of rotatable bonds is 4. The van der Waals surface area contributed by atoms with Crippen LogP contribution < -0.4 is 0 Å². The molecule has 0 radical (unpaired) electrons. The van der Waals surface area contributed by atoms with E-state index in [2.05, 4.69) is 5.10 Å². The summed E-state index contributed by atoms with van der Waals surface area (Å²) >= 11 is 0. The van der Waals surface area contributed by atoms with Gasteiger partial charge in [-0.1, -0.05) is 29.8 Å². The number of nitrogens with zero attached hydrogens (tertiary/aromatic N) is 2. The first-order valence-electron chi connectivity index (χ1n) is 8.81. The molecule has 0 N–H and O–H groups in total. The van der Waals surface area contributed by atoms with Gasteiger partial charge in [-0.25, -0.2) is 18.7 Å². The van der Waals surface area contributed by atoms with Gasteiger partial charge in [0.25, 0.3) is 0 Å². The minimum absolute atomic E-state index is 0.216. The highest BCUT2D eigenvalue weighted by Gasteiger charge is 2.32. The normalized spacial score (nSPS) is 16.1. The highest BCUT2D eigenvalue weighted by molar-refractivity contribution is 5.97. The van der Waals surface area contributed by atoms with Gasteiger partial charge in [0, 0.05) is 18.2 Å². The predicted octanol–water partition coefficient (Wildman–Crippen LogP) is 3.46. The second-order valence-corrected chi connectivity index (χ2v) is 6.53. The van der Waals surface area contributed by atoms with Crippen molar-refractivity contribution in [3.8, 4) is 16.9 Å². The lowest BCUT2D eigenvalue weighted by atomic mass is 10.1. The van der Waals surface area contributed by atoms with Crippen molar-refractivity contribution >= 4 is 11.9 Å². The molecule has 4 rings (SSSR count). The fourth-order valence-corrected chi connectivity index (χ4v) is 2.95. The van der Waals surface area contributed by atoms with Crippen molar-refractivity contribution in [2.45, 2.75) is 19.4 Å². The third kappa shape index (κ3) is 3.51. The monoisotopic (exact) mass is 380 g/mol. The van der Waals surface area contributed by atoms with Crippen LogP contribution in [0.3, 0.4) is 0 Å². The van der Waals surface area contributed by atoms with Crippen LogP contribution in [0, 0.1) is 12.7 Å². The molecular weight excluding hydrogens is 363 g/mol. The van der Waals surface area contributed by atoms with E-state index >= 15 is 0 Å². The smallest absolute Gasteiger partial charge is 0.347 e. The number of benzene rings is 2. The number of aryl methyl sites for hydroxylation is 1. The number of esters is 2. The number of cyclic esters (lactones) is 1. The number of carbonyl (C=O) groups is 2. The highest BCUT2D eigenvalue weighted by Crippen LogP contribution is 2.26. The second kappa shape index (κ2) is 7.26. The van der Waals surface area contributed by atoms with Crippen molar-refractivity contribution in [1.82, 2.24) is 9.78 Å². The van der Waals surface area contributed by atoms with Crippen molar-refractivity contribution < 1.29 is 23.5 Å². The van der Waals surface area contributed by atoms with E-state index in [9.17, 15) is 14.0 Å². The lowest BCUT2D eigenvalue weighted by molar-refractivity contribution is -0.145. The molecule has 0 amide bonds. The molecule has 1 atom stereocenters. The van der Waals surface area contributed by atoms with Crippen LogP contribution in [0.2, 0.25) is 0 Å². The van der Waals surface area contributed by atoms with Crippen LogP contribution in [0.15, 0.2) is 54.7 Å². The van der Waals surface area contributed by atoms with Crippen LogP contribution in [0.5, 0.6) is 0 Å². The summed E-state index contributed by atoms with van der Waals surface area (Å²) in [7, 11) is 0. The Balaban J connectivity index is 1.73. The molecule has 3 aromatic rings. The molecule has 1 fully saturated rings. The summed E-state index contributed by atoms with van der Waals surface area (Å²) in [4.78, 5) is 24.4. The standard InChI is InChI=1S/C21H17FN2O4/c1-13-2-4-14(5-3-13)19-17(20(25)28-18-10-11-27-21(18)26)12-24(23-19)16-8-6-15(22)7-9-16/h2-9,12,18H,10-11H2,1H3/t18-/m0/s1. The first kappa shape index (κ1) is 17.9. The molecule has 0 bridgehead atoms. The van der Waals surface area contributed by atoms with E-state index in [0.717, 1.165) is 11.1 Å². The van der Waals surface area contributed by atoms with Gasteiger partial charge in [-0.3, -0.25) is 0 Å². The zero-order chi connectivity index (χ0) is 19.7. The van der Waals surface area contributed by atoms with Crippen molar-refractivity contribution in [3.05, 3.63) is 71.7 Å². The summed E-state index contributed by atoms with van der Waals surface area (Å²) in [6.07, 6.45) is 0.939. The van der Waals surface area contributed by atoms with Gasteiger partial charge in [0.1, 0.15) is 17.1 Å². The molecule has 6 nitrogen and oxygen atoms in total. The van der Waals surface area contributed by atoms with Crippen molar-refractivity contribution in [2.75, 3.05) is 6.61 Å². The molecule has 28 heavy (non-hydrogen) atoms. The van der Waals surface area contributed by atoms with E-state index in [4.69, 9.17) is 9.47 Å². The SMILES string of the molecule is Cc1ccc(-c2nn(-c3ccc(F)cc3)cc2C(=O)O[C@H]2CCOC2=O)cc1. The van der Waals surface area contributed by atoms with E-state index < -0.39 is 18.0 Å². The predicted molar refractivity (Wildman–Crippen MR) is 98.5 cm³/mol. The molecule has 0 aliphatic carbocycles. The van der Waals surface area contributed by atoms with E-state index in [1.807, 2.05) is 31.2 Å². The van der Waals surface area contributed by atoms with Crippen LogP contribution in [0.4, 0.5) is 4.39 Å². The Morgan fingerprint density at radius 1 is 1.18 bits per heavy atom. The fraction of sp³-hybridized carbons (Fsp3) is 0.190.